The van der Waals surface area contributed by atoms with Gasteiger partial charge in [0.05, 0.1) is 0 Å². The van der Waals surface area contributed by atoms with Crippen molar-refractivity contribution in [1.82, 2.24) is 0 Å². The minimum absolute atomic E-state index is 0.0139. The number of carboxylic acid groups (broad SMARTS) is 1. The maximum atomic E-state index is 11.7. The predicted octanol–water partition coefficient (Wildman–Crippen LogP) is 2.41. The summed E-state index contributed by atoms with van der Waals surface area (Å²) < 4.78 is 10.6. The molecule has 0 unspecified atom stereocenters. The topological polar surface area (TPSA) is 72.8 Å². The Hall–Kier alpha value is -0.883. The molecule has 0 aromatic rings. The number of aliphatic carboxylic acids is 1. The number of carbonyl (C=O) groups is 2. The lowest BCUT2D eigenvalue weighted by molar-refractivity contribution is -0.167. The highest BCUT2D eigenvalue weighted by Crippen LogP contribution is 2.37. The Kier molecular flexibility index (Phi) is 5.55. The van der Waals surface area contributed by atoms with Crippen LogP contribution in [-0.4, -0.2) is 37.6 Å². The Labute approximate surface area is 110 Å². The summed E-state index contributed by atoms with van der Waals surface area (Å²) in [5.74, 6) is -1.79. The number of ether oxygens (including phenoxy) is 1. The van der Waals surface area contributed by atoms with Crippen LogP contribution < -0.4 is 0 Å². The number of carboxylic acids is 1. The third-order valence-electron chi connectivity index (χ3n) is 3.25. The van der Waals surface area contributed by atoms with E-state index in [0.717, 1.165) is 0 Å². The number of carbonyl (C=O) groups excluding carboxylic acids is 1. The van der Waals surface area contributed by atoms with Crippen LogP contribution >= 0.6 is 0 Å². The molecular weight excluding hydrogens is 252 g/mol. The first-order valence-corrected chi connectivity index (χ1v) is 8.90. The second kappa shape index (κ2) is 5.84. The van der Waals surface area contributed by atoms with Crippen molar-refractivity contribution in [3.63, 3.8) is 0 Å². The van der Waals surface area contributed by atoms with Crippen molar-refractivity contribution >= 4 is 20.3 Å². The number of rotatable bonds is 5. The van der Waals surface area contributed by atoms with Gasteiger partial charge in [0.1, 0.15) is 6.10 Å². The fraction of sp³-hybridized carbons (Fsp3) is 0.833. The summed E-state index contributed by atoms with van der Waals surface area (Å²) >= 11 is 0. The lowest BCUT2D eigenvalue weighted by Gasteiger charge is -2.37. The van der Waals surface area contributed by atoms with E-state index in [1.165, 1.54) is 6.92 Å². The van der Waals surface area contributed by atoms with Gasteiger partial charge in [0.15, 0.2) is 14.4 Å². The largest absolute Gasteiger partial charge is 0.479 e. The van der Waals surface area contributed by atoms with Gasteiger partial charge in [0, 0.05) is 0 Å². The van der Waals surface area contributed by atoms with Crippen LogP contribution in [0.5, 0.6) is 0 Å². The highest BCUT2D eigenvalue weighted by molar-refractivity contribution is 6.74. The van der Waals surface area contributed by atoms with Gasteiger partial charge in [-0.3, -0.25) is 0 Å². The second-order valence-corrected chi connectivity index (χ2v) is 10.7. The minimum Gasteiger partial charge on any atom is -0.479 e. The average molecular weight is 276 g/mol. The molecule has 0 bridgehead atoms. The summed E-state index contributed by atoms with van der Waals surface area (Å²) in [6, 6.07) is 0. The summed E-state index contributed by atoms with van der Waals surface area (Å²) in [6.07, 6.45) is -1.89. The molecule has 2 atom stereocenters. The third-order valence-corrected chi connectivity index (χ3v) is 7.81. The molecule has 0 aliphatic heterocycles. The normalized spacial score (nSPS) is 15.9. The quantitative estimate of drug-likeness (QED) is 0.616. The lowest BCUT2D eigenvalue weighted by Crippen LogP contribution is -2.46. The third kappa shape index (κ3) is 4.78. The molecule has 0 spiro atoms. The van der Waals surface area contributed by atoms with Crippen molar-refractivity contribution in [3.8, 4) is 0 Å². The molecule has 0 radical (unpaired) electrons. The fourth-order valence-corrected chi connectivity index (χ4v) is 2.32. The molecule has 1 N–H and O–H groups in total. The van der Waals surface area contributed by atoms with Gasteiger partial charge in [-0.2, -0.15) is 0 Å². The van der Waals surface area contributed by atoms with E-state index in [1.807, 2.05) is 13.1 Å². The molecule has 106 valence electrons. The van der Waals surface area contributed by atoms with Crippen molar-refractivity contribution in [2.24, 2.45) is 0 Å². The lowest BCUT2D eigenvalue weighted by atomic mass is 10.2. The smallest absolute Gasteiger partial charge is 0.344 e. The molecule has 5 nitrogen and oxygen atoms in total. The molecule has 0 fully saturated rings. The molecule has 0 aromatic heterocycles. The van der Waals surface area contributed by atoms with Crippen LogP contribution in [-0.2, 0) is 18.8 Å². The Bertz CT molecular complexity index is 319. The van der Waals surface area contributed by atoms with E-state index in [1.54, 1.807) is 6.92 Å². The van der Waals surface area contributed by atoms with Crippen LogP contribution in [0.15, 0.2) is 0 Å². The zero-order valence-corrected chi connectivity index (χ0v) is 13.2. The van der Waals surface area contributed by atoms with Crippen LogP contribution in [0.4, 0.5) is 0 Å². The Balaban J connectivity index is 4.55. The number of hydrogen-bond acceptors (Lipinski definition) is 4. The minimum atomic E-state index is -2.06. The summed E-state index contributed by atoms with van der Waals surface area (Å²) in [5.41, 5.74) is 0. The van der Waals surface area contributed by atoms with Gasteiger partial charge in [0.2, 0.25) is 0 Å². The first kappa shape index (κ1) is 17.1. The predicted molar refractivity (Wildman–Crippen MR) is 70.9 cm³/mol. The molecule has 0 rings (SSSR count). The number of esters is 1. The van der Waals surface area contributed by atoms with Crippen LogP contribution in [0.2, 0.25) is 18.1 Å². The summed E-state index contributed by atoms with van der Waals surface area (Å²) in [5, 5.41) is 8.65. The second-order valence-electron chi connectivity index (χ2n) is 5.94. The van der Waals surface area contributed by atoms with Gasteiger partial charge in [-0.15, -0.1) is 0 Å². The molecule has 6 heteroatoms. The molecule has 0 aromatic carbocycles. The van der Waals surface area contributed by atoms with E-state index >= 15 is 0 Å². The van der Waals surface area contributed by atoms with E-state index in [4.69, 9.17) is 14.3 Å². The zero-order valence-electron chi connectivity index (χ0n) is 12.2. The van der Waals surface area contributed by atoms with Gasteiger partial charge >= 0.3 is 11.9 Å². The maximum absolute atomic E-state index is 11.7. The molecule has 0 amide bonds. The van der Waals surface area contributed by atoms with E-state index in [2.05, 4.69) is 20.8 Å². The van der Waals surface area contributed by atoms with Crippen LogP contribution in [0.1, 0.15) is 34.6 Å². The average Bonchev–Trinajstić information content (AvgIpc) is 2.14. The van der Waals surface area contributed by atoms with Crippen LogP contribution in [0, 0.1) is 0 Å². The molecule has 0 saturated carbocycles. The van der Waals surface area contributed by atoms with Crippen molar-refractivity contribution in [2.75, 3.05) is 0 Å². The molecule has 18 heavy (non-hydrogen) atoms. The summed E-state index contributed by atoms with van der Waals surface area (Å²) in [7, 11) is -2.06. The molecule has 0 aliphatic rings. The fourth-order valence-electron chi connectivity index (χ4n) is 0.987. The molecule has 0 heterocycles. The van der Waals surface area contributed by atoms with Crippen molar-refractivity contribution < 1.29 is 23.9 Å². The highest BCUT2D eigenvalue weighted by Gasteiger charge is 2.40. The van der Waals surface area contributed by atoms with Gasteiger partial charge in [0.25, 0.3) is 0 Å². The Morgan fingerprint density at radius 2 is 1.56 bits per heavy atom. The van der Waals surface area contributed by atoms with Gasteiger partial charge in [-0.05, 0) is 32.0 Å². The van der Waals surface area contributed by atoms with Crippen LogP contribution in [0.25, 0.3) is 0 Å². The Morgan fingerprint density at radius 1 is 1.11 bits per heavy atom. The van der Waals surface area contributed by atoms with Gasteiger partial charge < -0.3 is 14.3 Å². The first-order chi connectivity index (χ1) is 7.88. The molecular formula is C12H24O5Si. The van der Waals surface area contributed by atoms with Crippen molar-refractivity contribution in [3.05, 3.63) is 0 Å². The molecule has 0 aliphatic carbocycles. The Morgan fingerprint density at radius 3 is 1.89 bits per heavy atom. The van der Waals surface area contributed by atoms with Gasteiger partial charge in [-0.25, -0.2) is 9.59 Å². The maximum Gasteiger partial charge on any atom is 0.344 e. The SMILES string of the molecule is C[C@H](OC(=O)[C@H](C)O[Si](C)(C)C(C)(C)C)C(=O)O. The standard InChI is InChI=1S/C12H24O5Si/c1-8(10(13)14)16-11(15)9(2)17-18(6,7)12(3,4)5/h8-9H,1-7H3,(H,13,14)/t8-,9-/m0/s1. The van der Waals surface area contributed by atoms with E-state index < -0.39 is 32.5 Å². The van der Waals surface area contributed by atoms with Crippen LogP contribution in [0.3, 0.4) is 0 Å². The summed E-state index contributed by atoms with van der Waals surface area (Å²) in [6.45, 7) is 13.2. The monoisotopic (exact) mass is 276 g/mol. The van der Waals surface area contributed by atoms with E-state index in [9.17, 15) is 9.59 Å². The summed E-state index contributed by atoms with van der Waals surface area (Å²) in [4.78, 5) is 22.3. The van der Waals surface area contributed by atoms with Crippen molar-refractivity contribution in [2.45, 2.75) is 65.0 Å². The van der Waals surface area contributed by atoms with Crippen molar-refractivity contribution in [1.29, 1.82) is 0 Å². The molecule has 0 saturated heterocycles. The van der Waals surface area contributed by atoms with E-state index in [-0.39, 0.29) is 5.04 Å². The number of hydrogen-bond donors (Lipinski definition) is 1. The van der Waals surface area contributed by atoms with E-state index in [0.29, 0.717) is 0 Å². The zero-order chi connectivity index (χ0) is 14.7. The highest BCUT2D eigenvalue weighted by atomic mass is 28.4. The first-order valence-electron chi connectivity index (χ1n) is 5.99. The van der Waals surface area contributed by atoms with Gasteiger partial charge in [-0.1, -0.05) is 20.8 Å².